The summed E-state index contributed by atoms with van der Waals surface area (Å²) >= 11 is 3.49. The number of ether oxygens (including phenoxy) is 1. The molecule has 4 heterocycles. The van der Waals surface area contributed by atoms with Gasteiger partial charge in [-0.05, 0) is 75.1 Å². The highest BCUT2D eigenvalue weighted by molar-refractivity contribution is 9.10. The lowest BCUT2D eigenvalue weighted by Gasteiger charge is -2.38. The van der Waals surface area contributed by atoms with Gasteiger partial charge in [0.2, 0.25) is 11.7 Å². The SMILES string of the molecule is COc1ccc(C(=O)[C@@H]2[C@@H](C(=O)c3ccco3)[C@]3(C(=O)Nc4ccccc43)[C@H]3c4ccccc4C=CN23)cc1Br. The van der Waals surface area contributed by atoms with E-state index in [0.717, 1.165) is 11.1 Å². The zero-order chi connectivity index (χ0) is 27.6. The van der Waals surface area contributed by atoms with Gasteiger partial charge in [0.25, 0.3) is 0 Å². The lowest BCUT2D eigenvalue weighted by molar-refractivity contribution is -0.122. The maximum Gasteiger partial charge on any atom is 0.238 e. The number of anilines is 1. The van der Waals surface area contributed by atoms with Crippen LogP contribution >= 0.6 is 15.9 Å². The van der Waals surface area contributed by atoms with Crippen molar-refractivity contribution in [2.75, 3.05) is 12.4 Å². The van der Waals surface area contributed by atoms with Crippen molar-refractivity contribution in [3.8, 4) is 5.75 Å². The van der Waals surface area contributed by atoms with Gasteiger partial charge >= 0.3 is 0 Å². The van der Waals surface area contributed by atoms with Crippen LogP contribution in [0.15, 0.2) is 100 Å². The molecule has 7 rings (SSSR count). The number of rotatable bonds is 5. The van der Waals surface area contributed by atoms with Crippen molar-refractivity contribution >= 4 is 45.2 Å². The molecule has 3 aromatic carbocycles. The van der Waals surface area contributed by atoms with E-state index in [4.69, 9.17) is 9.15 Å². The topological polar surface area (TPSA) is 88.9 Å². The fourth-order valence-corrected chi connectivity index (χ4v) is 7.27. The molecule has 3 aliphatic rings. The zero-order valence-corrected chi connectivity index (χ0v) is 22.9. The quantitative estimate of drug-likeness (QED) is 0.284. The fraction of sp³-hybridized carbons (Fsp3) is 0.156. The molecule has 0 unspecified atom stereocenters. The van der Waals surface area contributed by atoms with Gasteiger partial charge in [-0.15, -0.1) is 0 Å². The number of fused-ring (bicyclic) bond motifs is 6. The van der Waals surface area contributed by atoms with E-state index in [2.05, 4.69) is 21.2 Å². The number of amides is 1. The Kier molecular flexibility index (Phi) is 5.57. The van der Waals surface area contributed by atoms with Crippen LogP contribution in [0.25, 0.3) is 6.08 Å². The van der Waals surface area contributed by atoms with Gasteiger partial charge < -0.3 is 19.4 Å². The van der Waals surface area contributed by atoms with E-state index in [0.29, 0.717) is 27.0 Å². The van der Waals surface area contributed by atoms with Crippen molar-refractivity contribution in [1.82, 2.24) is 4.90 Å². The normalized spacial score (nSPS) is 23.9. The summed E-state index contributed by atoms with van der Waals surface area (Å²) in [6.07, 6.45) is 5.21. The smallest absolute Gasteiger partial charge is 0.238 e. The lowest BCUT2D eigenvalue weighted by Crippen LogP contribution is -2.49. The van der Waals surface area contributed by atoms with Crippen LogP contribution in [-0.2, 0) is 10.2 Å². The van der Waals surface area contributed by atoms with Crippen molar-refractivity contribution in [1.29, 1.82) is 0 Å². The van der Waals surface area contributed by atoms with E-state index >= 15 is 0 Å². The number of nitrogens with one attached hydrogen (secondary N) is 1. The Morgan fingerprint density at radius 1 is 1.00 bits per heavy atom. The minimum absolute atomic E-state index is 0.104. The number of para-hydroxylation sites is 1. The number of furan rings is 1. The minimum atomic E-state index is -1.40. The Morgan fingerprint density at radius 3 is 2.58 bits per heavy atom. The predicted octanol–water partition coefficient (Wildman–Crippen LogP) is 6.03. The largest absolute Gasteiger partial charge is 0.496 e. The van der Waals surface area contributed by atoms with Crippen LogP contribution in [0, 0.1) is 5.92 Å². The number of Topliss-reactive ketones (excluding diaryl/α,β-unsaturated/α-hetero) is 2. The van der Waals surface area contributed by atoms with Crippen molar-refractivity contribution in [3.05, 3.63) is 124 Å². The highest BCUT2D eigenvalue weighted by Gasteiger charge is 2.71. The van der Waals surface area contributed by atoms with Crippen LogP contribution in [0.2, 0.25) is 0 Å². The third-order valence-electron chi connectivity index (χ3n) is 8.32. The second kappa shape index (κ2) is 9.06. The molecular formula is C32H23BrN2O5. The highest BCUT2D eigenvalue weighted by atomic mass is 79.9. The van der Waals surface area contributed by atoms with E-state index in [1.54, 1.807) is 37.4 Å². The Bertz CT molecular complexity index is 1730. The number of hydrogen-bond acceptors (Lipinski definition) is 6. The third-order valence-corrected chi connectivity index (χ3v) is 8.94. The maximum absolute atomic E-state index is 14.6. The van der Waals surface area contributed by atoms with Crippen LogP contribution in [-0.4, -0.2) is 35.5 Å². The van der Waals surface area contributed by atoms with E-state index in [9.17, 15) is 14.4 Å². The van der Waals surface area contributed by atoms with E-state index in [1.165, 1.54) is 6.26 Å². The fourth-order valence-electron chi connectivity index (χ4n) is 6.73. The molecule has 40 heavy (non-hydrogen) atoms. The molecule has 4 aromatic rings. The molecule has 1 N–H and O–H groups in total. The Labute approximate surface area is 238 Å². The molecule has 1 aromatic heterocycles. The first-order valence-corrected chi connectivity index (χ1v) is 13.7. The molecule has 1 saturated heterocycles. The molecule has 0 radical (unpaired) electrons. The Morgan fingerprint density at radius 2 is 1.80 bits per heavy atom. The number of halogens is 1. The number of methoxy groups -OCH3 is 1. The van der Waals surface area contributed by atoms with E-state index in [-0.39, 0.29) is 17.5 Å². The van der Waals surface area contributed by atoms with Crippen molar-refractivity contribution < 1.29 is 23.5 Å². The van der Waals surface area contributed by atoms with Gasteiger partial charge in [-0.3, -0.25) is 14.4 Å². The predicted molar refractivity (Wildman–Crippen MR) is 152 cm³/mol. The summed E-state index contributed by atoms with van der Waals surface area (Å²) in [5, 5.41) is 3.04. The second-order valence-corrected chi connectivity index (χ2v) is 11.0. The molecular weight excluding hydrogens is 572 g/mol. The molecule has 0 bridgehead atoms. The van der Waals surface area contributed by atoms with Gasteiger partial charge in [-0.2, -0.15) is 0 Å². The van der Waals surface area contributed by atoms with Gasteiger partial charge in [0.05, 0.1) is 29.8 Å². The number of nitrogens with zero attached hydrogens (tertiary/aromatic N) is 1. The lowest BCUT2D eigenvalue weighted by atomic mass is 9.63. The number of benzene rings is 3. The summed E-state index contributed by atoms with van der Waals surface area (Å²) < 4.78 is 11.6. The minimum Gasteiger partial charge on any atom is -0.496 e. The summed E-state index contributed by atoms with van der Waals surface area (Å²) in [7, 11) is 1.55. The van der Waals surface area contributed by atoms with Gasteiger partial charge in [-0.25, -0.2) is 0 Å². The second-order valence-electron chi connectivity index (χ2n) is 10.1. The first kappa shape index (κ1) is 24.6. The molecule has 1 fully saturated rings. The molecule has 1 amide bonds. The van der Waals surface area contributed by atoms with Crippen LogP contribution < -0.4 is 10.1 Å². The molecule has 7 nitrogen and oxygen atoms in total. The van der Waals surface area contributed by atoms with Crippen LogP contribution in [0.5, 0.6) is 5.75 Å². The van der Waals surface area contributed by atoms with Gasteiger partial charge in [0.15, 0.2) is 11.5 Å². The van der Waals surface area contributed by atoms with Crippen molar-refractivity contribution in [3.63, 3.8) is 0 Å². The number of carbonyl (C=O) groups excluding carboxylic acids is 3. The van der Waals surface area contributed by atoms with Crippen LogP contribution in [0.3, 0.4) is 0 Å². The summed E-state index contributed by atoms with van der Waals surface area (Å²) in [5.41, 5.74) is 2.13. The monoisotopic (exact) mass is 594 g/mol. The average molecular weight is 595 g/mol. The molecule has 4 atom stereocenters. The van der Waals surface area contributed by atoms with Gasteiger partial charge in [0.1, 0.15) is 17.2 Å². The van der Waals surface area contributed by atoms with Crippen molar-refractivity contribution in [2.45, 2.75) is 17.5 Å². The summed E-state index contributed by atoms with van der Waals surface area (Å²) in [6, 6.07) is 21.9. The van der Waals surface area contributed by atoms with Crippen LogP contribution in [0.1, 0.15) is 43.6 Å². The van der Waals surface area contributed by atoms with E-state index < -0.39 is 29.2 Å². The van der Waals surface area contributed by atoms with E-state index in [1.807, 2.05) is 65.7 Å². The third kappa shape index (κ3) is 3.26. The molecule has 8 heteroatoms. The molecule has 0 aliphatic carbocycles. The number of carbonyl (C=O) groups is 3. The summed E-state index contributed by atoms with van der Waals surface area (Å²) in [4.78, 5) is 45.3. The van der Waals surface area contributed by atoms with Gasteiger partial charge in [0, 0.05) is 17.5 Å². The standard InChI is InChI=1S/C32H23BrN2O5/c1-39-24-13-12-19(17-22(24)33)28(36)27-26(29(37)25-11-6-16-40-25)32(21-9-4-5-10-23(21)34-31(32)38)30-20-8-3-2-7-18(20)14-15-35(27)30/h2-17,26-27,30H,1H3,(H,34,38)/t26-,27-,30+,32-/m0/s1. The van der Waals surface area contributed by atoms with Crippen molar-refractivity contribution in [2.24, 2.45) is 5.92 Å². The first-order chi connectivity index (χ1) is 19.5. The highest BCUT2D eigenvalue weighted by Crippen LogP contribution is 2.62. The first-order valence-electron chi connectivity index (χ1n) is 12.9. The Hall–Kier alpha value is -4.43. The maximum atomic E-state index is 14.6. The molecule has 1 spiro atoms. The molecule has 3 aliphatic heterocycles. The zero-order valence-electron chi connectivity index (χ0n) is 21.3. The van der Waals surface area contributed by atoms with Gasteiger partial charge in [-0.1, -0.05) is 42.5 Å². The summed E-state index contributed by atoms with van der Waals surface area (Å²) in [6.45, 7) is 0. The summed E-state index contributed by atoms with van der Waals surface area (Å²) in [5.74, 6) is -1.40. The molecule has 0 saturated carbocycles. The number of hydrogen-bond donors (Lipinski definition) is 1. The molecule has 198 valence electrons. The number of ketones is 2. The van der Waals surface area contributed by atoms with Crippen LogP contribution in [0.4, 0.5) is 5.69 Å². The average Bonchev–Trinajstić information content (AvgIpc) is 3.69. The Balaban J connectivity index is 1.52.